The van der Waals surface area contributed by atoms with Crippen LogP contribution in [0.2, 0.25) is 0 Å². The van der Waals surface area contributed by atoms with Crippen molar-refractivity contribution in [1.29, 1.82) is 0 Å². The van der Waals surface area contributed by atoms with Gasteiger partial charge in [0, 0.05) is 18.3 Å². The minimum absolute atomic E-state index is 0.0900. The number of phenols is 1. The number of nitro groups is 1. The summed E-state index contributed by atoms with van der Waals surface area (Å²) < 4.78 is 0. The van der Waals surface area contributed by atoms with Gasteiger partial charge in [-0.1, -0.05) is 30.3 Å². The summed E-state index contributed by atoms with van der Waals surface area (Å²) in [5.41, 5.74) is 0.921. The van der Waals surface area contributed by atoms with E-state index < -0.39 is 4.92 Å². The van der Waals surface area contributed by atoms with Gasteiger partial charge in [0.2, 0.25) is 0 Å². The minimum atomic E-state index is -0.527. The van der Waals surface area contributed by atoms with Crippen LogP contribution in [0.1, 0.15) is 5.56 Å². The molecule has 2 rings (SSSR count). The molecule has 5 heteroatoms. The topological polar surface area (TPSA) is 75.7 Å². The zero-order valence-corrected chi connectivity index (χ0v) is 9.35. The first-order valence-corrected chi connectivity index (χ1v) is 5.23. The van der Waals surface area contributed by atoms with Gasteiger partial charge in [0.05, 0.1) is 4.92 Å². The number of nitro benzene ring substituents is 1. The summed E-state index contributed by atoms with van der Waals surface area (Å²) in [7, 11) is 0. The fourth-order valence-electron chi connectivity index (χ4n) is 1.41. The van der Waals surface area contributed by atoms with Gasteiger partial charge in [-0.15, -0.1) is 0 Å². The summed E-state index contributed by atoms with van der Waals surface area (Å²) >= 11 is 0. The van der Waals surface area contributed by atoms with Crippen LogP contribution >= 0.6 is 0 Å². The average Bonchev–Trinajstić information content (AvgIpc) is 2.38. The third-order valence-electron chi connectivity index (χ3n) is 2.32. The van der Waals surface area contributed by atoms with Crippen molar-refractivity contribution in [2.24, 2.45) is 4.99 Å². The smallest absolute Gasteiger partial charge is 0.271 e. The molecule has 2 aromatic rings. The minimum Gasteiger partial charge on any atom is -0.506 e. The molecule has 0 atom stereocenters. The molecule has 90 valence electrons. The van der Waals surface area contributed by atoms with E-state index in [1.165, 1.54) is 18.2 Å². The zero-order valence-electron chi connectivity index (χ0n) is 9.35. The molecule has 0 aliphatic carbocycles. The highest BCUT2D eigenvalue weighted by molar-refractivity contribution is 5.82. The number of hydrogen-bond acceptors (Lipinski definition) is 4. The quantitative estimate of drug-likeness (QED) is 0.510. The lowest BCUT2D eigenvalue weighted by atomic mass is 10.2. The number of aliphatic imine (C=N–C) groups is 1. The molecule has 0 aliphatic heterocycles. The molecule has 0 bridgehead atoms. The predicted molar refractivity (Wildman–Crippen MR) is 68.5 cm³/mol. The molecule has 0 spiro atoms. The average molecular weight is 242 g/mol. The summed E-state index contributed by atoms with van der Waals surface area (Å²) in [4.78, 5) is 14.1. The van der Waals surface area contributed by atoms with E-state index in [0.717, 1.165) is 5.56 Å². The Hall–Kier alpha value is -2.69. The molecule has 0 heterocycles. The van der Waals surface area contributed by atoms with Crippen LogP contribution in [0.5, 0.6) is 5.75 Å². The number of rotatable bonds is 3. The lowest BCUT2D eigenvalue weighted by molar-refractivity contribution is -0.384. The normalized spacial score (nSPS) is 10.7. The summed E-state index contributed by atoms with van der Waals surface area (Å²) in [5, 5.41) is 20.2. The molecule has 1 N–H and O–H groups in total. The van der Waals surface area contributed by atoms with E-state index >= 15 is 0 Å². The van der Waals surface area contributed by atoms with Gasteiger partial charge >= 0.3 is 0 Å². The molecule has 0 saturated heterocycles. The van der Waals surface area contributed by atoms with Crippen molar-refractivity contribution in [1.82, 2.24) is 0 Å². The van der Waals surface area contributed by atoms with Crippen LogP contribution < -0.4 is 0 Å². The number of hydrogen-bond donors (Lipinski definition) is 1. The first kappa shape index (κ1) is 11.8. The van der Waals surface area contributed by atoms with Gasteiger partial charge in [0.1, 0.15) is 11.4 Å². The van der Waals surface area contributed by atoms with Crippen LogP contribution in [-0.4, -0.2) is 16.2 Å². The van der Waals surface area contributed by atoms with Crippen molar-refractivity contribution >= 4 is 17.6 Å². The van der Waals surface area contributed by atoms with Crippen LogP contribution in [0, 0.1) is 10.1 Å². The van der Waals surface area contributed by atoms with Crippen LogP contribution in [0.25, 0.3) is 0 Å². The molecule has 0 aliphatic rings. The van der Waals surface area contributed by atoms with Crippen molar-refractivity contribution < 1.29 is 10.0 Å². The Balaban J connectivity index is 2.31. The van der Waals surface area contributed by atoms with Gasteiger partial charge in [-0.05, 0) is 11.6 Å². The number of non-ortho nitro benzene ring substituents is 1. The Labute approximate surface area is 103 Å². The number of benzene rings is 2. The van der Waals surface area contributed by atoms with E-state index in [2.05, 4.69) is 4.99 Å². The summed E-state index contributed by atoms with van der Waals surface area (Å²) in [6.07, 6.45) is 1.54. The van der Waals surface area contributed by atoms with Crippen molar-refractivity contribution in [2.75, 3.05) is 0 Å². The second kappa shape index (κ2) is 5.09. The summed E-state index contributed by atoms with van der Waals surface area (Å²) in [6.45, 7) is 0. The number of aromatic hydroxyl groups is 1. The van der Waals surface area contributed by atoms with Gasteiger partial charge < -0.3 is 5.11 Å². The van der Waals surface area contributed by atoms with Gasteiger partial charge in [0.15, 0.2) is 0 Å². The van der Waals surface area contributed by atoms with E-state index in [0.29, 0.717) is 0 Å². The fraction of sp³-hybridized carbons (Fsp3) is 0. The van der Waals surface area contributed by atoms with Gasteiger partial charge in [-0.3, -0.25) is 15.1 Å². The third kappa shape index (κ3) is 2.70. The highest BCUT2D eigenvalue weighted by Crippen LogP contribution is 2.30. The van der Waals surface area contributed by atoms with E-state index in [1.54, 1.807) is 6.21 Å². The maximum Gasteiger partial charge on any atom is 0.271 e. The van der Waals surface area contributed by atoms with Crippen molar-refractivity contribution in [3.05, 3.63) is 64.2 Å². The van der Waals surface area contributed by atoms with E-state index in [1.807, 2.05) is 30.3 Å². The molecule has 0 amide bonds. The maximum absolute atomic E-state index is 10.6. The second-order valence-corrected chi connectivity index (χ2v) is 3.60. The summed E-state index contributed by atoms with van der Waals surface area (Å²) in [5.74, 6) is -0.0900. The Morgan fingerprint density at radius 1 is 1.17 bits per heavy atom. The lowest BCUT2D eigenvalue weighted by Crippen LogP contribution is -1.87. The number of phenolic OH excluding ortho intramolecular Hbond substituents is 1. The Morgan fingerprint density at radius 2 is 1.89 bits per heavy atom. The van der Waals surface area contributed by atoms with Gasteiger partial charge in [0.25, 0.3) is 5.69 Å². The second-order valence-electron chi connectivity index (χ2n) is 3.60. The van der Waals surface area contributed by atoms with Crippen LogP contribution in [0.4, 0.5) is 11.4 Å². The SMILES string of the molecule is O=[N+]([O-])c1ccc(O)c(/N=C/c2ccccc2)c1. The van der Waals surface area contributed by atoms with E-state index in [-0.39, 0.29) is 17.1 Å². The lowest BCUT2D eigenvalue weighted by Gasteiger charge is -1.98. The molecule has 5 nitrogen and oxygen atoms in total. The standard InChI is InChI=1S/C13H10N2O3/c16-13-7-6-11(15(17)18)8-12(13)14-9-10-4-2-1-3-5-10/h1-9,16H/b14-9+. The molecule has 0 fully saturated rings. The van der Waals surface area contributed by atoms with E-state index in [4.69, 9.17) is 0 Å². The monoisotopic (exact) mass is 242 g/mol. The van der Waals surface area contributed by atoms with Crippen molar-refractivity contribution in [3.63, 3.8) is 0 Å². The van der Waals surface area contributed by atoms with Crippen LogP contribution in [0.3, 0.4) is 0 Å². The Bertz CT molecular complexity index is 594. The summed E-state index contributed by atoms with van der Waals surface area (Å²) in [6, 6.07) is 13.0. The molecule has 0 radical (unpaired) electrons. The van der Waals surface area contributed by atoms with Crippen LogP contribution in [0.15, 0.2) is 53.5 Å². The molecular weight excluding hydrogens is 232 g/mol. The molecular formula is C13H10N2O3. The van der Waals surface area contributed by atoms with Crippen molar-refractivity contribution in [3.8, 4) is 5.75 Å². The van der Waals surface area contributed by atoms with Gasteiger partial charge in [-0.2, -0.15) is 0 Å². The largest absolute Gasteiger partial charge is 0.506 e. The Morgan fingerprint density at radius 3 is 2.56 bits per heavy atom. The van der Waals surface area contributed by atoms with Crippen LogP contribution in [-0.2, 0) is 0 Å². The third-order valence-corrected chi connectivity index (χ3v) is 2.32. The zero-order chi connectivity index (χ0) is 13.0. The first-order chi connectivity index (χ1) is 8.66. The molecule has 0 saturated carbocycles. The molecule has 2 aromatic carbocycles. The fourth-order valence-corrected chi connectivity index (χ4v) is 1.41. The molecule has 18 heavy (non-hydrogen) atoms. The molecule has 0 unspecified atom stereocenters. The molecule has 0 aromatic heterocycles. The highest BCUT2D eigenvalue weighted by Gasteiger charge is 2.08. The highest BCUT2D eigenvalue weighted by atomic mass is 16.6. The predicted octanol–water partition coefficient (Wildman–Crippen LogP) is 3.05. The van der Waals surface area contributed by atoms with Gasteiger partial charge in [-0.25, -0.2) is 0 Å². The first-order valence-electron chi connectivity index (χ1n) is 5.23. The maximum atomic E-state index is 10.6. The Kier molecular flexibility index (Phi) is 3.33. The van der Waals surface area contributed by atoms with E-state index in [9.17, 15) is 15.2 Å². The number of nitrogens with zero attached hydrogens (tertiary/aromatic N) is 2. The van der Waals surface area contributed by atoms with Crippen molar-refractivity contribution in [2.45, 2.75) is 0 Å².